The van der Waals surface area contributed by atoms with E-state index in [9.17, 15) is 43.2 Å². The third kappa shape index (κ3) is 72.2. The fourth-order valence-corrected chi connectivity index (χ4v) is 13.6. The van der Waals surface area contributed by atoms with Crippen LogP contribution in [0.5, 0.6) is 0 Å². The number of aliphatic hydroxyl groups is 1. The predicted octanol–water partition coefficient (Wildman–Crippen LogP) is 23.1. The van der Waals surface area contributed by atoms with Crippen molar-refractivity contribution in [3.05, 3.63) is 0 Å². The van der Waals surface area contributed by atoms with Crippen molar-refractivity contribution in [2.45, 2.75) is 426 Å². The molecule has 0 saturated carbocycles. The summed E-state index contributed by atoms with van der Waals surface area (Å²) in [5, 5.41) is 10.6. The van der Waals surface area contributed by atoms with Crippen LogP contribution < -0.4 is 0 Å². The van der Waals surface area contributed by atoms with E-state index in [1.54, 1.807) is 0 Å². The van der Waals surface area contributed by atoms with Gasteiger partial charge in [0.1, 0.15) is 19.3 Å². The van der Waals surface area contributed by atoms with Crippen molar-refractivity contribution in [3.63, 3.8) is 0 Å². The highest BCUT2D eigenvalue weighted by Gasteiger charge is 2.30. The van der Waals surface area contributed by atoms with Crippen molar-refractivity contribution in [1.29, 1.82) is 0 Å². The van der Waals surface area contributed by atoms with Gasteiger partial charge >= 0.3 is 39.5 Å². The van der Waals surface area contributed by atoms with Gasteiger partial charge < -0.3 is 33.8 Å². The van der Waals surface area contributed by atoms with Gasteiger partial charge in [-0.05, 0) is 37.5 Å². The maximum atomic E-state index is 13.1. The van der Waals surface area contributed by atoms with Crippen molar-refractivity contribution < 1.29 is 80.2 Å². The van der Waals surface area contributed by atoms with Gasteiger partial charge in [-0.15, -0.1) is 0 Å². The monoisotopic (exact) mass is 1420 g/mol. The Morgan fingerprint density at radius 2 is 0.474 bits per heavy atom. The lowest BCUT2D eigenvalue weighted by atomic mass is 10.0. The third-order valence-corrected chi connectivity index (χ3v) is 20.1. The topological polar surface area (TPSA) is 237 Å². The van der Waals surface area contributed by atoms with Crippen molar-refractivity contribution in [2.24, 2.45) is 11.8 Å². The summed E-state index contributed by atoms with van der Waals surface area (Å²) in [7, 11) is -9.91. The molecular formula is C78H152O17P2. The molecule has 0 heterocycles. The minimum absolute atomic E-state index is 0.106. The fraction of sp³-hybridized carbons (Fsp3) is 0.949. The van der Waals surface area contributed by atoms with E-state index in [1.807, 2.05) is 0 Å². The first kappa shape index (κ1) is 95.1. The van der Waals surface area contributed by atoms with E-state index < -0.39 is 97.5 Å². The normalized spacial score (nSPS) is 14.0. The number of hydrogen-bond acceptors (Lipinski definition) is 15. The highest BCUT2D eigenvalue weighted by molar-refractivity contribution is 7.47. The smallest absolute Gasteiger partial charge is 0.462 e. The summed E-state index contributed by atoms with van der Waals surface area (Å²) in [6, 6.07) is 0. The molecule has 97 heavy (non-hydrogen) atoms. The van der Waals surface area contributed by atoms with Crippen LogP contribution in [0.2, 0.25) is 0 Å². The number of carbonyl (C=O) groups is 4. The molecule has 0 aromatic heterocycles. The van der Waals surface area contributed by atoms with Gasteiger partial charge in [-0.25, -0.2) is 9.13 Å². The molecule has 0 aliphatic rings. The SMILES string of the molecule is CCCCCCCCCCCCCCCCCCCCCCC(=O)O[C@H](COC(=O)CCCCCCCCCCCCCCCC(C)C)COP(=O)(O)OC[C@@H](O)COP(=O)(O)OC[C@@H](COC(=O)CCCCCCCCC(C)C)OC(=O)CCCCCCCCCCCCCC. The first-order valence-electron chi connectivity index (χ1n) is 40.5. The maximum absolute atomic E-state index is 13.1. The number of aliphatic hydroxyl groups excluding tert-OH is 1. The molecule has 0 aromatic rings. The Labute approximate surface area is 594 Å². The van der Waals surface area contributed by atoms with Crippen LogP contribution in [-0.4, -0.2) is 96.7 Å². The Morgan fingerprint density at radius 3 is 0.701 bits per heavy atom. The molecule has 0 aliphatic carbocycles. The van der Waals surface area contributed by atoms with E-state index in [2.05, 4.69) is 41.5 Å². The summed E-state index contributed by atoms with van der Waals surface area (Å²) in [4.78, 5) is 72.8. The molecule has 0 spiro atoms. The Hall–Kier alpha value is -1.94. The minimum Gasteiger partial charge on any atom is -0.462 e. The highest BCUT2D eigenvalue weighted by atomic mass is 31.2. The Bertz CT molecular complexity index is 1870. The van der Waals surface area contributed by atoms with Crippen molar-refractivity contribution >= 4 is 39.5 Å². The summed E-state index contributed by atoms with van der Waals surface area (Å²) in [6.07, 6.45) is 58.5. The summed E-state index contributed by atoms with van der Waals surface area (Å²) in [5.41, 5.74) is 0. The van der Waals surface area contributed by atoms with E-state index in [0.717, 1.165) is 102 Å². The number of phosphoric ester groups is 2. The number of ether oxygens (including phenoxy) is 4. The van der Waals surface area contributed by atoms with Crippen molar-refractivity contribution in [3.8, 4) is 0 Å². The van der Waals surface area contributed by atoms with Crippen molar-refractivity contribution in [1.82, 2.24) is 0 Å². The lowest BCUT2D eigenvalue weighted by Crippen LogP contribution is -2.30. The molecule has 0 saturated heterocycles. The van der Waals surface area contributed by atoms with Crippen molar-refractivity contribution in [2.75, 3.05) is 39.6 Å². The standard InChI is InChI=1S/C78H152O17P2/c1-7-9-11-13-15-17-19-21-22-23-24-25-26-27-30-35-39-43-51-57-63-78(83)94-73(66-88-75(80)60-54-48-41-37-34-31-28-29-32-36-40-46-52-58-70(3)4)68-92-96(84,85)90-64-72(79)65-91-97(86,87)93-69-74(67-89-76(81)61-55-49-45-44-47-53-59-71(5)6)95-77(82)62-56-50-42-38-33-20-18-16-14-12-10-8-2/h70-74,79H,7-69H2,1-6H3,(H,84,85)(H,86,87)/t72-,73-,74-/m1/s1. The molecular weight excluding hydrogens is 1270 g/mol. The molecule has 576 valence electrons. The van der Waals surface area contributed by atoms with E-state index in [1.165, 1.54) is 218 Å². The first-order chi connectivity index (χ1) is 46.9. The van der Waals surface area contributed by atoms with Crippen LogP contribution in [0.4, 0.5) is 0 Å². The Morgan fingerprint density at radius 1 is 0.278 bits per heavy atom. The number of carbonyl (C=O) groups excluding carboxylic acids is 4. The average molecular weight is 1420 g/mol. The fourth-order valence-electron chi connectivity index (χ4n) is 12.0. The Kier molecular flexibility index (Phi) is 68.4. The molecule has 2 unspecified atom stereocenters. The van der Waals surface area contributed by atoms with Gasteiger partial charge in [-0.1, -0.05) is 356 Å². The molecule has 3 N–H and O–H groups in total. The van der Waals surface area contributed by atoms with Crippen LogP contribution in [0, 0.1) is 11.8 Å². The second kappa shape index (κ2) is 69.8. The second-order valence-electron chi connectivity index (χ2n) is 29.1. The molecule has 0 fully saturated rings. The molecule has 0 bridgehead atoms. The number of hydrogen-bond donors (Lipinski definition) is 3. The maximum Gasteiger partial charge on any atom is 0.472 e. The number of rotatable bonds is 77. The van der Waals surface area contributed by atoms with Gasteiger partial charge in [0.25, 0.3) is 0 Å². The zero-order chi connectivity index (χ0) is 71.4. The molecule has 0 aliphatic heterocycles. The molecule has 0 radical (unpaired) electrons. The van der Waals surface area contributed by atoms with Crippen LogP contribution in [0.25, 0.3) is 0 Å². The number of unbranched alkanes of at least 4 members (excludes halogenated alkanes) is 47. The largest absolute Gasteiger partial charge is 0.472 e. The molecule has 17 nitrogen and oxygen atoms in total. The molecule has 0 rings (SSSR count). The average Bonchev–Trinajstić information content (AvgIpc) is 1.08. The highest BCUT2D eigenvalue weighted by Crippen LogP contribution is 2.45. The predicted molar refractivity (Wildman–Crippen MR) is 395 cm³/mol. The lowest BCUT2D eigenvalue weighted by molar-refractivity contribution is -0.161. The quantitative estimate of drug-likeness (QED) is 0.0222. The minimum atomic E-state index is -4.96. The zero-order valence-electron chi connectivity index (χ0n) is 63.4. The van der Waals surface area contributed by atoms with E-state index in [0.29, 0.717) is 31.6 Å². The number of phosphoric acid groups is 2. The third-order valence-electron chi connectivity index (χ3n) is 18.2. The lowest BCUT2D eigenvalue weighted by Gasteiger charge is -2.21. The molecule has 19 heteroatoms. The second-order valence-corrected chi connectivity index (χ2v) is 32.0. The van der Waals surface area contributed by atoms with E-state index in [4.69, 9.17) is 37.0 Å². The van der Waals surface area contributed by atoms with Gasteiger partial charge in [-0.2, -0.15) is 0 Å². The molecule has 5 atom stereocenters. The molecule has 0 amide bonds. The van der Waals surface area contributed by atoms with Gasteiger partial charge in [0.2, 0.25) is 0 Å². The molecule has 0 aromatic carbocycles. The van der Waals surface area contributed by atoms with Gasteiger partial charge in [0.05, 0.1) is 26.4 Å². The van der Waals surface area contributed by atoms with E-state index >= 15 is 0 Å². The zero-order valence-corrected chi connectivity index (χ0v) is 65.2. The first-order valence-corrected chi connectivity index (χ1v) is 43.5. The number of esters is 4. The summed E-state index contributed by atoms with van der Waals surface area (Å²) < 4.78 is 68.5. The van der Waals surface area contributed by atoms with Crippen LogP contribution >= 0.6 is 15.6 Å². The van der Waals surface area contributed by atoms with Crippen LogP contribution in [0.15, 0.2) is 0 Å². The van der Waals surface area contributed by atoms with Gasteiger partial charge in [-0.3, -0.25) is 37.3 Å². The summed E-state index contributed by atoms with van der Waals surface area (Å²) in [5.74, 6) is -0.644. The van der Waals surface area contributed by atoms with Gasteiger partial charge in [0.15, 0.2) is 12.2 Å². The van der Waals surface area contributed by atoms with E-state index in [-0.39, 0.29) is 25.7 Å². The van der Waals surface area contributed by atoms with Crippen LogP contribution in [0.1, 0.15) is 408 Å². The summed E-state index contributed by atoms with van der Waals surface area (Å²) in [6.45, 7) is 9.54. The van der Waals surface area contributed by atoms with Crippen LogP contribution in [0.3, 0.4) is 0 Å². The Balaban J connectivity index is 5.21. The van der Waals surface area contributed by atoms with Gasteiger partial charge in [0, 0.05) is 25.7 Å². The van der Waals surface area contributed by atoms with Crippen LogP contribution in [-0.2, 0) is 65.4 Å². The summed E-state index contributed by atoms with van der Waals surface area (Å²) >= 11 is 0.